The zero-order chi connectivity index (χ0) is 14.8. The molecule has 2 aromatic rings. The van der Waals surface area contributed by atoms with Crippen molar-refractivity contribution in [2.75, 3.05) is 0 Å². The van der Waals surface area contributed by atoms with Gasteiger partial charge in [-0.1, -0.05) is 6.07 Å². The van der Waals surface area contributed by atoms with E-state index in [0.717, 1.165) is 6.07 Å². The molecule has 0 bridgehead atoms. The van der Waals surface area contributed by atoms with E-state index in [2.05, 4.69) is 9.71 Å². The van der Waals surface area contributed by atoms with E-state index in [1.54, 1.807) is 37.1 Å². The zero-order valence-corrected chi connectivity index (χ0v) is 12.1. The molecule has 0 spiro atoms. The van der Waals surface area contributed by atoms with Crippen LogP contribution >= 0.6 is 0 Å². The third kappa shape index (κ3) is 3.43. The van der Waals surface area contributed by atoms with Crippen LogP contribution in [0.2, 0.25) is 0 Å². The second kappa shape index (κ2) is 5.72. The lowest BCUT2D eigenvalue weighted by molar-refractivity contribution is 0.513. The van der Waals surface area contributed by atoms with Gasteiger partial charge >= 0.3 is 0 Å². The van der Waals surface area contributed by atoms with Gasteiger partial charge in [0.15, 0.2) is 0 Å². The van der Waals surface area contributed by atoms with Gasteiger partial charge in [0.2, 0.25) is 10.0 Å². The Morgan fingerprint density at radius 1 is 1.45 bits per heavy atom. The van der Waals surface area contributed by atoms with Gasteiger partial charge in [-0.15, -0.1) is 0 Å². The lowest BCUT2D eigenvalue weighted by Crippen LogP contribution is -2.35. The van der Waals surface area contributed by atoms with Crippen LogP contribution in [0.25, 0.3) is 0 Å². The quantitative estimate of drug-likeness (QED) is 0.913. The summed E-state index contributed by atoms with van der Waals surface area (Å²) in [5.74, 6) is -0.752. The average molecular weight is 297 g/mol. The molecular weight excluding hydrogens is 281 g/mol. The number of nitrogens with one attached hydrogen (secondary N) is 1. The molecule has 0 aliphatic carbocycles. The zero-order valence-electron chi connectivity index (χ0n) is 11.2. The number of rotatable bonds is 5. The summed E-state index contributed by atoms with van der Waals surface area (Å²) in [5.41, 5.74) is 0.689. The number of benzene rings is 1. The number of imidazole rings is 1. The summed E-state index contributed by atoms with van der Waals surface area (Å²) in [6.07, 6.45) is 4.94. The Kier molecular flexibility index (Phi) is 4.20. The third-order valence-electron chi connectivity index (χ3n) is 2.78. The molecule has 108 valence electrons. The highest BCUT2D eigenvalue weighted by atomic mass is 32.2. The second-order valence-electron chi connectivity index (χ2n) is 4.72. The molecule has 1 N–H and O–H groups in total. The van der Waals surface area contributed by atoms with Crippen molar-refractivity contribution in [1.29, 1.82) is 0 Å². The van der Waals surface area contributed by atoms with Crippen molar-refractivity contribution in [3.05, 3.63) is 48.3 Å². The Morgan fingerprint density at radius 2 is 2.20 bits per heavy atom. The first-order valence-electron chi connectivity index (χ1n) is 6.13. The Hall–Kier alpha value is -1.73. The molecule has 1 atom stereocenters. The topological polar surface area (TPSA) is 64.0 Å². The van der Waals surface area contributed by atoms with Gasteiger partial charge in [0.1, 0.15) is 10.7 Å². The van der Waals surface area contributed by atoms with Gasteiger partial charge in [-0.3, -0.25) is 0 Å². The molecule has 0 aliphatic heterocycles. The summed E-state index contributed by atoms with van der Waals surface area (Å²) in [6, 6.07) is 3.63. The summed E-state index contributed by atoms with van der Waals surface area (Å²) in [4.78, 5) is 3.56. The minimum absolute atomic E-state index is 0.324. The fraction of sp³-hybridized carbons (Fsp3) is 0.308. The Balaban J connectivity index is 2.16. The van der Waals surface area contributed by atoms with Crippen LogP contribution < -0.4 is 4.72 Å². The maximum atomic E-state index is 13.7. The van der Waals surface area contributed by atoms with Crippen LogP contribution in [0.5, 0.6) is 0 Å². The van der Waals surface area contributed by atoms with E-state index in [1.165, 1.54) is 12.1 Å². The molecule has 20 heavy (non-hydrogen) atoms. The summed E-state index contributed by atoms with van der Waals surface area (Å²) in [6.45, 7) is 3.85. The van der Waals surface area contributed by atoms with E-state index in [-0.39, 0.29) is 10.9 Å². The van der Waals surface area contributed by atoms with E-state index in [0.29, 0.717) is 12.1 Å². The minimum atomic E-state index is -3.87. The van der Waals surface area contributed by atoms with Crippen LogP contribution in [0.1, 0.15) is 12.5 Å². The van der Waals surface area contributed by atoms with Crippen molar-refractivity contribution >= 4 is 10.0 Å². The van der Waals surface area contributed by atoms with E-state index in [1.807, 2.05) is 0 Å². The summed E-state index contributed by atoms with van der Waals surface area (Å²) in [7, 11) is -3.87. The predicted octanol–water partition coefficient (Wildman–Crippen LogP) is 1.70. The molecular formula is C13H16FN3O2S. The highest BCUT2D eigenvalue weighted by Gasteiger charge is 2.21. The first-order valence-corrected chi connectivity index (χ1v) is 7.61. The largest absolute Gasteiger partial charge is 0.336 e. The van der Waals surface area contributed by atoms with Crippen LogP contribution in [-0.4, -0.2) is 24.0 Å². The summed E-state index contributed by atoms with van der Waals surface area (Å²) >= 11 is 0. The number of aromatic nitrogens is 2. The van der Waals surface area contributed by atoms with Gasteiger partial charge in [0, 0.05) is 25.0 Å². The van der Waals surface area contributed by atoms with Crippen molar-refractivity contribution in [2.45, 2.75) is 31.3 Å². The maximum absolute atomic E-state index is 13.7. The molecule has 0 aliphatic rings. The molecule has 0 saturated heterocycles. The first-order chi connectivity index (χ1) is 9.38. The Labute approximate surface area is 117 Å². The molecule has 0 fully saturated rings. The second-order valence-corrected chi connectivity index (χ2v) is 6.40. The number of hydrogen-bond acceptors (Lipinski definition) is 3. The van der Waals surface area contributed by atoms with Gasteiger partial charge in [0.05, 0.1) is 6.33 Å². The van der Waals surface area contributed by atoms with E-state index >= 15 is 0 Å². The standard InChI is InChI=1S/C13H16FN3O2S/c1-10-3-4-12(14)13(7-10)20(18,19)16-11(2)8-17-6-5-15-9-17/h3-7,9,11,16H,8H2,1-2H3/t11-/m0/s1. The fourth-order valence-corrected chi connectivity index (χ4v) is 3.29. The lowest BCUT2D eigenvalue weighted by atomic mass is 10.2. The van der Waals surface area contributed by atoms with Gasteiger partial charge in [-0.25, -0.2) is 22.5 Å². The summed E-state index contributed by atoms with van der Waals surface area (Å²) < 4.78 is 42.2. The molecule has 0 radical (unpaired) electrons. The number of sulfonamides is 1. The van der Waals surface area contributed by atoms with E-state index < -0.39 is 15.8 Å². The SMILES string of the molecule is Cc1ccc(F)c(S(=O)(=O)N[C@@H](C)Cn2ccnc2)c1. The number of nitrogens with zero attached hydrogens (tertiary/aromatic N) is 2. The van der Waals surface area contributed by atoms with Crippen LogP contribution in [0.4, 0.5) is 4.39 Å². The third-order valence-corrected chi connectivity index (χ3v) is 4.38. The van der Waals surface area contributed by atoms with E-state index in [9.17, 15) is 12.8 Å². The van der Waals surface area contributed by atoms with Crippen molar-refractivity contribution in [3.63, 3.8) is 0 Å². The van der Waals surface area contributed by atoms with Gasteiger partial charge < -0.3 is 4.57 Å². The molecule has 1 aromatic carbocycles. The molecule has 0 saturated carbocycles. The van der Waals surface area contributed by atoms with Gasteiger partial charge in [-0.2, -0.15) is 0 Å². The van der Waals surface area contributed by atoms with Gasteiger partial charge in [-0.05, 0) is 31.5 Å². The van der Waals surface area contributed by atoms with E-state index in [4.69, 9.17) is 0 Å². The van der Waals surface area contributed by atoms with Crippen molar-refractivity contribution < 1.29 is 12.8 Å². The average Bonchev–Trinajstić information content (AvgIpc) is 2.84. The van der Waals surface area contributed by atoms with Crippen molar-refractivity contribution in [3.8, 4) is 0 Å². The van der Waals surface area contributed by atoms with Crippen LogP contribution in [0.3, 0.4) is 0 Å². The molecule has 1 heterocycles. The Bertz CT molecular complexity index is 684. The van der Waals surface area contributed by atoms with Crippen LogP contribution in [-0.2, 0) is 16.6 Å². The minimum Gasteiger partial charge on any atom is -0.336 e. The van der Waals surface area contributed by atoms with Crippen LogP contribution in [0, 0.1) is 12.7 Å². The maximum Gasteiger partial charge on any atom is 0.243 e. The van der Waals surface area contributed by atoms with Gasteiger partial charge in [0.25, 0.3) is 0 Å². The number of hydrogen-bond donors (Lipinski definition) is 1. The highest BCUT2D eigenvalue weighted by Crippen LogP contribution is 2.16. The predicted molar refractivity (Wildman–Crippen MR) is 73.1 cm³/mol. The molecule has 0 amide bonds. The van der Waals surface area contributed by atoms with Crippen molar-refractivity contribution in [1.82, 2.24) is 14.3 Å². The number of aryl methyl sites for hydroxylation is 1. The molecule has 1 aromatic heterocycles. The first kappa shape index (κ1) is 14.7. The highest BCUT2D eigenvalue weighted by molar-refractivity contribution is 7.89. The molecule has 2 rings (SSSR count). The monoisotopic (exact) mass is 297 g/mol. The lowest BCUT2D eigenvalue weighted by Gasteiger charge is -2.15. The Morgan fingerprint density at radius 3 is 2.85 bits per heavy atom. The summed E-state index contributed by atoms with van der Waals surface area (Å²) in [5, 5.41) is 0. The van der Waals surface area contributed by atoms with Crippen molar-refractivity contribution in [2.24, 2.45) is 0 Å². The normalized spacial score (nSPS) is 13.3. The van der Waals surface area contributed by atoms with Crippen LogP contribution in [0.15, 0.2) is 41.8 Å². The fourth-order valence-electron chi connectivity index (χ4n) is 1.89. The molecule has 7 heteroatoms. The smallest absolute Gasteiger partial charge is 0.243 e. The molecule has 5 nitrogen and oxygen atoms in total. The molecule has 0 unspecified atom stereocenters. The number of halogens is 1.